The van der Waals surface area contributed by atoms with Gasteiger partial charge in [-0.3, -0.25) is 9.69 Å². The Morgan fingerprint density at radius 2 is 2.00 bits per heavy atom. The zero-order chi connectivity index (χ0) is 22.7. The van der Waals surface area contributed by atoms with Gasteiger partial charge < -0.3 is 20.3 Å². The van der Waals surface area contributed by atoms with Gasteiger partial charge in [0.05, 0.1) is 11.9 Å². The van der Waals surface area contributed by atoms with Crippen molar-refractivity contribution in [3.8, 4) is 5.75 Å². The summed E-state index contributed by atoms with van der Waals surface area (Å²) in [4.78, 5) is 22.4. The summed E-state index contributed by atoms with van der Waals surface area (Å²) in [6.45, 7) is -0.543. The molecular weight excluding hydrogens is 426 g/mol. The number of carbonyl (C=O) groups excluding carboxylic acids is 1. The molecule has 0 radical (unpaired) electrons. The predicted molar refractivity (Wildman–Crippen MR) is 114 cm³/mol. The molecular formula is C20H31N3O7S. The minimum Gasteiger partial charge on any atom is -0.490 e. The highest BCUT2D eigenvalue weighted by atomic mass is 32.2. The first-order valence-corrected chi connectivity index (χ1v) is 12.0. The van der Waals surface area contributed by atoms with Gasteiger partial charge >= 0.3 is 6.09 Å². The highest BCUT2D eigenvalue weighted by Crippen LogP contribution is 2.24. The summed E-state index contributed by atoms with van der Waals surface area (Å²) in [5.74, 6) is -0.134. The van der Waals surface area contributed by atoms with Crippen LogP contribution in [-0.2, 0) is 26.0 Å². The van der Waals surface area contributed by atoms with Crippen molar-refractivity contribution in [3.63, 3.8) is 0 Å². The number of ether oxygens (including phenoxy) is 2. The van der Waals surface area contributed by atoms with E-state index in [0.29, 0.717) is 11.3 Å². The first kappa shape index (κ1) is 24.9. The van der Waals surface area contributed by atoms with Gasteiger partial charge in [-0.15, -0.1) is 0 Å². The smallest absolute Gasteiger partial charge is 0.409 e. The van der Waals surface area contributed by atoms with Crippen LogP contribution < -0.4 is 15.2 Å². The summed E-state index contributed by atoms with van der Waals surface area (Å²) in [5.41, 5.74) is 5.95. The van der Waals surface area contributed by atoms with Gasteiger partial charge in [-0.1, -0.05) is 12.1 Å². The molecule has 1 aliphatic rings. The minimum absolute atomic E-state index is 0.0317. The van der Waals surface area contributed by atoms with Crippen LogP contribution in [0.1, 0.15) is 37.7 Å². The van der Waals surface area contributed by atoms with Crippen LogP contribution in [0.4, 0.5) is 4.79 Å². The number of primary amides is 1. The number of nitrogens with zero attached hydrogens (tertiary/aromatic N) is 1. The van der Waals surface area contributed by atoms with Gasteiger partial charge in [0.25, 0.3) is 0 Å². The van der Waals surface area contributed by atoms with Crippen LogP contribution in [0.15, 0.2) is 24.3 Å². The molecule has 1 aromatic carbocycles. The van der Waals surface area contributed by atoms with Crippen LogP contribution in [0.25, 0.3) is 0 Å². The molecule has 1 fully saturated rings. The second kappa shape index (κ2) is 12.5. The third kappa shape index (κ3) is 9.99. The van der Waals surface area contributed by atoms with Gasteiger partial charge in [0.2, 0.25) is 15.9 Å². The maximum atomic E-state index is 12.1. The van der Waals surface area contributed by atoms with Gasteiger partial charge in [-0.05, 0) is 56.2 Å². The number of carboxylic acid groups (broad SMARTS) is 1. The van der Waals surface area contributed by atoms with Crippen LogP contribution >= 0.6 is 0 Å². The molecule has 1 saturated carbocycles. The molecule has 0 unspecified atom stereocenters. The summed E-state index contributed by atoms with van der Waals surface area (Å²) in [5, 5.41) is 8.91. The molecule has 2 rings (SSSR count). The SMILES string of the molecule is NC(=O)CN(COCCCS(=O)(=O)NCCc1cccc(OC2CCCC2)c1)C(=O)O. The molecule has 10 nitrogen and oxygen atoms in total. The van der Waals surface area contributed by atoms with E-state index in [1.54, 1.807) is 0 Å². The lowest BCUT2D eigenvalue weighted by Gasteiger charge is -2.17. The fourth-order valence-corrected chi connectivity index (χ4v) is 4.33. The Balaban J connectivity index is 1.65. The lowest BCUT2D eigenvalue weighted by atomic mass is 10.1. The van der Waals surface area contributed by atoms with Crippen molar-refractivity contribution in [1.82, 2.24) is 9.62 Å². The molecule has 1 aliphatic carbocycles. The molecule has 31 heavy (non-hydrogen) atoms. The fraction of sp³-hybridized carbons (Fsp3) is 0.600. The van der Waals surface area contributed by atoms with E-state index in [9.17, 15) is 18.0 Å². The number of nitrogens with one attached hydrogen (secondary N) is 1. The molecule has 2 amide bonds. The van der Waals surface area contributed by atoms with Gasteiger partial charge in [0, 0.05) is 13.2 Å². The molecule has 1 aromatic rings. The number of hydrogen-bond donors (Lipinski definition) is 3. The summed E-state index contributed by atoms with van der Waals surface area (Å²) in [6.07, 6.45) is 4.20. The standard InChI is InChI=1S/C20H31N3O7S/c21-19(24)14-23(20(25)26)15-29-11-4-12-31(27,28)22-10-9-16-5-3-8-18(13-16)30-17-6-1-2-7-17/h3,5,8,13,17,22H,1-2,4,6-7,9-12,14-15H2,(H2,21,24)(H,25,26). The van der Waals surface area contributed by atoms with E-state index in [4.69, 9.17) is 20.3 Å². The van der Waals surface area contributed by atoms with E-state index < -0.39 is 28.6 Å². The maximum Gasteiger partial charge on any atom is 0.409 e. The maximum absolute atomic E-state index is 12.1. The van der Waals surface area contributed by atoms with Gasteiger partial charge in [-0.2, -0.15) is 0 Å². The van der Waals surface area contributed by atoms with E-state index in [-0.39, 0.29) is 38.2 Å². The number of amides is 2. The molecule has 11 heteroatoms. The summed E-state index contributed by atoms with van der Waals surface area (Å²) in [7, 11) is -3.48. The second-order valence-corrected chi connectivity index (χ2v) is 9.40. The quantitative estimate of drug-likeness (QED) is 0.282. The first-order valence-electron chi connectivity index (χ1n) is 10.3. The molecule has 0 atom stereocenters. The van der Waals surface area contributed by atoms with Crippen LogP contribution in [0.3, 0.4) is 0 Å². The zero-order valence-electron chi connectivity index (χ0n) is 17.5. The van der Waals surface area contributed by atoms with E-state index in [2.05, 4.69) is 4.72 Å². The molecule has 0 aromatic heterocycles. The number of nitrogens with two attached hydrogens (primary N) is 1. The predicted octanol–water partition coefficient (Wildman–Crippen LogP) is 1.30. The van der Waals surface area contributed by atoms with Crippen molar-refractivity contribution in [2.24, 2.45) is 5.73 Å². The summed E-state index contributed by atoms with van der Waals surface area (Å²) in [6, 6.07) is 7.70. The Morgan fingerprint density at radius 1 is 1.26 bits per heavy atom. The molecule has 0 bridgehead atoms. The van der Waals surface area contributed by atoms with Gasteiger partial charge in [-0.25, -0.2) is 17.9 Å². The zero-order valence-corrected chi connectivity index (χ0v) is 18.3. The van der Waals surface area contributed by atoms with Crippen LogP contribution in [0.5, 0.6) is 5.75 Å². The van der Waals surface area contributed by atoms with E-state index in [1.807, 2.05) is 24.3 Å². The second-order valence-electron chi connectivity index (χ2n) is 7.47. The monoisotopic (exact) mass is 457 g/mol. The van der Waals surface area contributed by atoms with Crippen LogP contribution in [-0.4, -0.2) is 68.7 Å². The summed E-state index contributed by atoms with van der Waals surface area (Å²) < 4.78 is 37.9. The minimum atomic E-state index is -3.48. The number of sulfonamides is 1. The molecule has 0 saturated heterocycles. The third-order valence-corrected chi connectivity index (χ3v) is 6.28. The Morgan fingerprint density at radius 3 is 2.68 bits per heavy atom. The van der Waals surface area contributed by atoms with Gasteiger partial charge in [0.15, 0.2) is 0 Å². The number of rotatable bonds is 14. The lowest BCUT2D eigenvalue weighted by Crippen LogP contribution is -2.39. The molecule has 0 heterocycles. The number of hydrogen-bond acceptors (Lipinski definition) is 6. The van der Waals surface area contributed by atoms with Crippen molar-refractivity contribution in [2.75, 3.05) is 32.2 Å². The Bertz CT molecular complexity index is 826. The molecule has 0 aliphatic heterocycles. The number of carbonyl (C=O) groups is 2. The average Bonchev–Trinajstić information content (AvgIpc) is 3.19. The Hall–Kier alpha value is -2.37. The largest absolute Gasteiger partial charge is 0.490 e. The highest BCUT2D eigenvalue weighted by molar-refractivity contribution is 7.89. The van der Waals surface area contributed by atoms with Crippen LogP contribution in [0, 0.1) is 0 Å². The van der Waals surface area contributed by atoms with Crippen molar-refractivity contribution in [2.45, 2.75) is 44.6 Å². The molecule has 174 valence electrons. The fourth-order valence-electron chi connectivity index (χ4n) is 3.28. The topological polar surface area (TPSA) is 148 Å². The van der Waals surface area contributed by atoms with Gasteiger partial charge in [0.1, 0.15) is 19.0 Å². The van der Waals surface area contributed by atoms with E-state index in [0.717, 1.165) is 24.2 Å². The van der Waals surface area contributed by atoms with Crippen molar-refractivity contribution in [3.05, 3.63) is 29.8 Å². The van der Waals surface area contributed by atoms with Crippen molar-refractivity contribution < 1.29 is 32.6 Å². The third-order valence-electron chi connectivity index (χ3n) is 4.81. The van der Waals surface area contributed by atoms with Crippen molar-refractivity contribution in [1.29, 1.82) is 0 Å². The molecule has 4 N–H and O–H groups in total. The van der Waals surface area contributed by atoms with E-state index in [1.165, 1.54) is 12.8 Å². The summed E-state index contributed by atoms with van der Waals surface area (Å²) >= 11 is 0. The van der Waals surface area contributed by atoms with Crippen molar-refractivity contribution >= 4 is 22.0 Å². The van der Waals surface area contributed by atoms with E-state index >= 15 is 0 Å². The first-order chi connectivity index (χ1) is 14.7. The van der Waals surface area contributed by atoms with Crippen LogP contribution in [0.2, 0.25) is 0 Å². The Labute approximate surface area is 182 Å². The highest BCUT2D eigenvalue weighted by Gasteiger charge is 2.17. The normalized spacial score (nSPS) is 14.5. The average molecular weight is 458 g/mol. The number of benzene rings is 1. The molecule has 0 spiro atoms. The lowest BCUT2D eigenvalue weighted by molar-refractivity contribution is -0.120. The Kier molecular flexibility index (Phi) is 10.0.